The van der Waals surface area contributed by atoms with Crippen molar-refractivity contribution in [1.29, 1.82) is 0 Å². The molecule has 42 heavy (non-hydrogen) atoms. The molecule has 208 valence electrons. The molecule has 1 aliphatic rings. The highest BCUT2D eigenvalue weighted by molar-refractivity contribution is 7.99. The number of halogens is 1. The molecule has 0 aliphatic heterocycles. The zero-order valence-corrected chi connectivity index (χ0v) is 25.7. The molecule has 6 aromatic rings. The number of hydrogen-bond acceptors (Lipinski definition) is 6. The number of fused-ring (bicyclic) bond motifs is 3. The second kappa shape index (κ2) is 11.5. The van der Waals surface area contributed by atoms with E-state index in [4.69, 9.17) is 31.8 Å². The summed E-state index contributed by atoms with van der Waals surface area (Å²) in [7, 11) is 0. The van der Waals surface area contributed by atoms with E-state index in [1.165, 1.54) is 23.3 Å². The number of hydrogen-bond donors (Lipinski definition) is 0. The smallest absolute Gasteiger partial charge is 0.202 e. The van der Waals surface area contributed by atoms with Crippen molar-refractivity contribution >= 4 is 57.1 Å². The number of aromatic nitrogens is 5. The van der Waals surface area contributed by atoms with Crippen LogP contribution in [0.1, 0.15) is 45.8 Å². The SMILES string of the molecule is Cc1ccc(C)c(-n2c(Sc3nc(/C=C/c4ccccc4)nc4sc5c(c34)CCCC5)nnc2-c2ccccc2Cl)c1. The van der Waals surface area contributed by atoms with Crippen molar-refractivity contribution in [3.63, 3.8) is 0 Å². The first-order chi connectivity index (χ1) is 20.5. The van der Waals surface area contributed by atoms with Crippen LogP contribution < -0.4 is 0 Å². The molecule has 0 amide bonds. The summed E-state index contributed by atoms with van der Waals surface area (Å²) in [4.78, 5) is 12.6. The number of thiophene rings is 1. The van der Waals surface area contributed by atoms with Crippen molar-refractivity contribution in [3.05, 3.63) is 111 Å². The van der Waals surface area contributed by atoms with Gasteiger partial charge in [0.1, 0.15) is 9.86 Å². The Morgan fingerprint density at radius 1 is 0.881 bits per heavy atom. The zero-order chi connectivity index (χ0) is 28.6. The summed E-state index contributed by atoms with van der Waals surface area (Å²) >= 11 is 10.1. The molecule has 0 unspecified atom stereocenters. The minimum Gasteiger partial charge on any atom is -0.269 e. The van der Waals surface area contributed by atoms with Gasteiger partial charge in [0.15, 0.2) is 11.6 Å². The Bertz CT molecular complexity index is 1960. The molecule has 0 fully saturated rings. The summed E-state index contributed by atoms with van der Waals surface area (Å²) in [6.45, 7) is 4.22. The fraction of sp³-hybridized carbons (Fsp3) is 0.176. The summed E-state index contributed by atoms with van der Waals surface area (Å²) in [5, 5.41) is 12.9. The van der Waals surface area contributed by atoms with Gasteiger partial charge in [-0.2, -0.15) is 0 Å². The van der Waals surface area contributed by atoms with E-state index in [0.29, 0.717) is 16.7 Å². The van der Waals surface area contributed by atoms with Gasteiger partial charge in [-0.1, -0.05) is 72.3 Å². The standard InChI is InChI=1S/C34H28ClN5S2/c1-21-16-17-22(2)27(20-21)40-31(24-12-6-8-14-26(24)35)38-39-34(40)42-33-30-25-13-7-9-15-28(25)41-32(30)36-29(37-33)19-18-23-10-4-3-5-11-23/h3-6,8,10-12,14,16-20H,7,9,13,15H2,1-2H3/b19-18+. The second-order valence-electron chi connectivity index (χ2n) is 10.5. The predicted octanol–water partition coefficient (Wildman–Crippen LogP) is 9.41. The highest BCUT2D eigenvalue weighted by atomic mass is 35.5. The molecule has 0 N–H and O–H groups in total. The van der Waals surface area contributed by atoms with E-state index in [2.05, 4.69) is 54.8 Å². The van der Waals surface area contributed by atoms with E-state index >= 15 is 0 Å². The van der Waals surface area contributed by atoms with Crippen molar-refractivity contribution in [3.8, 4) is 17.1 Å². The fourth-order valence-corrected chi connectivity index (χ4v) is 7.98. The molecule has 7 rings (SSSR count). The maximum Gasteiger partial charge on any atom is 0.202 e. The fourth-order valence-electron chi connectivity index (χ4n) is 5.44. The number of aryl methyl sites for hydroxylation is 4. The topological polar surface area (TPSA) is 56.5 Å². The van der Waals surface area contributed by atoms with Crippen LogP contribution in [0.5, 0.6) is 0 Å². The minimum absolute atomic E-state index is 0.637. The summed E-state index contributed by atoms with van der Waals surface area (Å²) in [5.41, 5.74) is 6.66. The zero-order valence-electron chi connectivity index (χ0n) is 23.3. The molecule has 3 aromatic carbocycles. The van der Waals surface area contributed by atoms with E-state index in [-0.39, 0.29) is 0 Å². The molecule has 0 radical (unpaired) electrons. The molecule has 3 aromatic heterocycles. The lowest BCUT2D eigenvalue weighted by Gasteiger charge is -2.15. The number of benzene rings is 3. The third-order valence-corrected chi connectivity index (χ3v) is 10.0. The van der Waals surface area contributed by atoms with Gasteiger partial charge in [-0.3, -0.25) is 4.57 Å². The van der Waals surface area contributed by atoms with Gasteiger partial charge in [0.2, 0.25) is 5.16 Å². The Hall–Kier alpha value is -3.78. The highest BCUT2D eigenvalue weighted by Crippen LogP contribution is 2.43. The molecular weight excluding hydrogens is 578 g/mol. The lowest BCUT2D eigenvalue weighted by atomic mass is 9.97. The maximum absolute atomic E-state index is 6.69. The van der Waals surface area contributed by atoms with Crippen molar-refractivity contribution in [1.82, 2.24) is 24.7 Å². The summed E-state index contributed by atoms with van der Waals surface area (Å²) in [6.07, 6.45) is 8.64. The van der Waals surface area contributed by atoms with Gasteiger partial charge in [-0.15, -0.1) is 21.5 Å². The van der Waals surface area contributed by atoms with Crippen molar-refractivity contribution in [2.45, 2.75) is 49.7 Å². The van der Waals surface area contributed by atoms with Crippen LogP contribution in [0.15, 0.2) is 83.0 Å². The van der Waals surface area contributed by atoms with Crippen LogP contribution in [0.4, 0.5) is 0 Å². The first kappa shape index (κ1) is 27.1. The molecular formula is C34H28ClN5S2. The first-order valence-corrected chi connectivity index (χ1v) is 16.1. The van der Waals surface area contributed by atoms with Gasteiger partial charge in [-0.05, 0) is 97.8 Å². The van der Waals surface area contributed by atoms with E-state index in [0.717, 1.165) is 61.2 Å². The van der Waals surface area contributed by atoms with E-state index in [1.54, 1.807) is 11.8 Å². The highest BCUT2D eigenvalue weighted by Gasteiger charge is 2.25. The molecule has 1 aliphatic carbocycles. The van der Waals surface area contributed by atoms with Crippen LogP contribution in [-0.4, -0.2) is 24.7 Å². The van der Waals surface area contributed by atoms with Gasteiger partial charge < -0.3 is 0 Å². The van der Waals surface area contributed by atoms with Crippen LogP contribution in [0.2, 0.25) is 5.02 Å². The quantitative estimate of drug-likeness (QED) is 0.177. The normalized spacial score (nSPS) is 13.2. The van der Waals surface area contributed by atoms with Crippen LogP contribution >= 0.6 is 34.7 Å². The average molecular weight is 606 g/mol. The first-order valence-electron chi connectivity index (χ1n) is 14.1. The lowest BCUT2D eigenvalue weighted by molar-refractivity contribution is 0.699. The van der Waals surface area contributed by atoms with Crippen molar-refractivity contribution < 1.29 is 0 Å². The van der Waals surface area contributed by atoms with Crippen LogP contribution in [0.25, 0.3) is 39.4 Å². The second-order valence-corrected chi connectivity index (χ2v) is 13.0. The van der Waals surface area contributed by atoms with Crippen LogP contribution in [-0.2, 0) is 12.8 Å². The van der Waals surface area contributed by atoms with E-state index < -0.39 is 0 Å². The Balaban J connectivity index is 1.41. The van der Waals surface area contributed by atoms with Gasteiger partial charge in [-0.25, -0.2) is 9.97 Å². The van der Waals surface area contributed by atoms with E-state index in [1.807, 2.05) is 59.9 Å². The summed E-state index contributed by atoms with van der Waals surface area (Å²) in [6, 6.07) is 24.5. The van der Waals surface area contributed by atoms with E-state index in [9.17, 15) is 0 Å². The number of rotatable bonds is 6. The number of nitrogens with zero attached hydrogens (tertiary/aromatic N) is 5. The van der Waals surface area contributed by atoms with Crippen LogP contribution in [0, 0.1) is 13.8 Å². The third kappa shape index (κ3) is 5.17. The maximum atomic E-state index is 6.69. The molecule has 8 heteroatoms. The van der Waals surface area contributed by atoms with Gasteiger partial charge in [0, 0.05) is 15.8 Å². The molecule has 0 saturated carbocycles. The Labute approximate surface area is 258 Å². The molecule has 5 nitrogen and oxygen atoms in total. The summed E-state index contributed by atoms with van der Waals surface area (Å²) in [5.74, 6) is 1.40. The van der Waals surface area contributed by atoms with Crippen molar-refractivity contribution in [2.24, 2.45) is 0 Å². The third-order valence-electron chi connectivity index (χ3n) is 7.56. The molecule has 0 bridgehead atoms. The Kier molecular flexibility index (Phi) is 7.40. The van der Waals surface area contributed by atoms with Crippen LogP contribution in [0.3, 0.4) is 0 Å². The minimum atomic E-state index is 0.637. The molecule has 0 atom stereocenters. The average Bonchev–Trinajstić information content (AvgIpc) is 3.59. The van der Waals surface area contributed by atoms with Crippen molar-refractivity contribution in [2.75, 3.05) is 0 Å². The summed E-state index contributed by atoms with van der Waals surface area (Å²) < 4.78 is 2.13. The van der Waals surface area contributed by atoms with Gasteiger partial charge >= 0.3 is 0 Å². The molecule has 0 saturated heterocycles. The molecule has 3 heterocycles. The Morgan fingerprint density at radius 2 is 1.69 bits per heavy atom. The van der Waals surface area contributed by atoms with Gasteiger partial charge in [0.25, 0.3) is 0 Å². The monoisotopic (exact) mass is 605 g/mol. The predicted molar refractivity (Wildman–Crippen MR) is 175 cm³/mol. The van der Waals surface area contributed by atoms with Gasteiger partial charge in [0.05, 0.1) is 10.7 Å². The molecule has 0 spiro atoms. The lowest BCUT2D eigenvalue weighted by Crippen LogP contribution is -2.04. The Morgan fingerprint density at radius 3 is 2.55 bits per heavy atom. The largest absolute Gasteiger partial charge is 0.269 e.